The van der Waals surface area contributed by atoms with Crippen molar-refractivity contribution in [1.29, 1.82) is 0 Å². The lowest BCUT2D eigenvalue weighted by Gasteiger charge is -2.36. The summed E-state index contributed by atoms with van der Waals surface area (Å²) in [4.78, 5) is 31.5. The molecule has 2 heterocycles. The van der Waals surface area contributed by atoms with E-state index < -0.39 is 10.9 Å². The first kappa shape index (κ1) is 20.1. The summed E-state index contributed by atoms with van der Waals surface area (Å²) >= 11 is 0. The quantitative estimate of drug-likeness (QED) is 0.421. The van der Waals surface area contributed by atoms with Crippen molar-refractivity contribution in [1.82, 2.24) is 9.88 Å². The first-order chi connectivity index (χ1) is 14.5. The fourth-order valence-corrected chi connectivity index (χ4v) is 3.69. The van der Waals surface area contributed by atoms with Crippen molar-refractivity contribution in [2.75, 3.05) is 50.1 Å². The van der Waals surface area contributed by atoms with Crippen molar-refractivity contribution in [3.63, 3.8) is 0 Å². The molecule has 1 aromatic carbocycles. The van der Waals surface area contributed by atoms with Gasteiger partial charge in [0.25, 0.3) is 0 Å². The Hall–Kier alpha value is -3.20. The van der Waals surface area contributed by atoms with E-state index in [-0.39, 0.29) is 17.1 Å². The Kier molecular flexibility index (Phi) is 5.80. The number of pyridine rings is 1. The number of nitrogens with one attached hydrogen (secondary N) is 1. The highest BCUT2D eigenvalue weighted by Crippen LogP contribution is 2.31. The summed E-state index contributed by atoms with van der Waals surface area (Å²) < 4.78 is 4.61. The maximum absolute atomic E-state index is 11.6. The molecule has 30 heavy (non-hydrogen) atoms. The summed E-state index contributed by atoms with van der Waals surface area (Å²) in [6.45, 7) is 5.24. The number of piperazine rings is 1. The lowest BCUT2D eigenvalue weighted by Crippen LogP contribution is -2.47. The molecule has 4 rings (SSSR count). The fourth-order valence-electron chi connectivity index (χ4n) is 3.69. The van der Waals surface area contributed by atoms with Crippen molar-refractivity contribution in [2.45, 2.75) is 12.8 Å². The zero-order chi connectivity index (χ0) is 21.1. The van der Waals surface area contributed by atoms with Gasteiger partial charge in [-0.25, -0.2) is 9.78 Å². The zero-order valence-electron chi connectivity index (χ0n) is 16.9. The van der Waals surface area contributed by atoms with Gasteiger partial charge in [0, 0.05) is 56.4 Å². The lowest BCUT2D eigenvalue weighted by atomic mass is 10.2. The molecule has 158 valence electrons. The number of ether oxygens (including phenoxy) is 1. The van der Waals surface area contributed by atoms with Crippen LogP contribution in [0.25, 0.3) is 0 Å². The molecule has 0 spiro atoms. The van der Waals surface area contributed by atoms with E-state index in [0.717, 1.165) is 37.8 Å². The Morgan fingerprint density at radius 1 is 1.27 bits per heavy atom. The number of aromatic nitrogens is 1. The van der Waals surface area contributed by atoms with E-state index in [2.05, 4.69) is 24.8 Å². The van der Waals surface area contributed by atoms with Gasteiger partial charge in [-0.1, -0.05) is 6.07 Å². The van der Waals surface area contributed by atoms with E-state index >= 15 is 0 Å². The molecule has 9 heteroatoms. The number of anilines is 3. The van der Waals surface area contributed by atoms with Gasteiger partial charge in [-0.05, 0) is 37.0 Å². The number of carbonyl (C=O) groups is 1. The molecule has 0 bridgehead atoms. The normalized spacial score (nSPS) is 16.9. The van der Waals surface area contributed by atoms with Crippen LogP contribution in [0.1, 0.15) is 23.2 Å². The number of nitro groups is 1. The molecule has 1 aliphatic heterocycles. The number of nitrogens with zero attached hydrogens (tertiary/aromatic N) is 4. The molecule has 0 unspecified atom stereocenters. The van der Waals surface area contributed by atoms with Crippen LogP contribution in [0.5, 0.6) is 0 Å². The summed E-state index contributed by atoms with van der Waals surface area (Å²) in [6, 6.07) is 8.94. The van der Waals surface area contributed by atoms with Gasteiger partial charge < -0.3 is 15.0 Å². The van der Waals surface area contributed by atoms with Crippen LogP contribution in [-0.2, 0) is 4.74 Å². The van der Waals surface area contributed by atoms with E-state index in [4.69, 9.17) is 0 Å². The van der Waals surface area contributed by atoms with Gasteiger partial charge >= 0.3 is 11.7 Å². The summed E-state index contributed by atoms with van der Waals surface area (Å²) in [6.07, 6.45) is 4.01. The molecule has 0 atom stereocenters. The van der Waals surface area contributed by atoms with Crippen LogP contribution in [0.2, 0.25) is 0 Å². The van der Waals surface area contributed by atoms with Crippen LogP contribution >= 0.6 is 0 Å². The van der Waals surface area contributed by atoms with Crippen molar-refractivity contribution < 1.29 is 14.5 Å². The Labute approximate surface area is 174 Å². The molecule has 9 nitrogen and oxygen atoms in total. The molecular weight excluding hydrogens is 386 g/mol. The number of esters is 1. The van der Waals surface area contributed by atoms with E-state index in [9.17, 15) is 14.9 Å². The van der Waals surface area contributed by atoms with Crippen LogP contribution in [0.15, 0.2) is 36.5 Å². The van der Waals surface area contributed by atoms with Gasteiger partial charge in [-0.3, -0.25) is 15.0 Å². The second-order valence-corrected chi connectivity index (χ2v) is 7.75. The highest BCUT2D eigenvalue weighted by atomic mass is 16.6. The number of hydrogen-bond acceptors (Lipinski definition) is 8. The molecule has 0 radical (unpaired) electrons. The minimum Gasteiger partial charge on any atom is -0.465 e. The number of hydrogen-bond donors (Lipinski definition) is 1. The van der Waals surface area contributed by atoms with Gasteiger partial charge in [0.1, 0.15) is 0 Å². The Bertz CT molecular complexity index is 939. The van der Waals surface area contributed by atoms with Crippen LogP contribution in [0.4, 0.5) is 22.9 Å². The molecule has 1 saturated carbocycles. The van der Waals surface area contributed by atoms with E-state index in [1.165, 1.54) is 38.8 Å². The Balaban J connectivity index is 1.46. The minimum absolute atomic E-state index is 0.0348. The van der Waals surface area contributed by atoms with Crippen molar-refractivity contribution in [3.05, 3.63) is 52.2 Å². The van der Waals surface area contributed by atoms with Gasteiger partial charge in [-0.15, -0.1) is 0 Å². The summed E-state index contributed by atoms with van der Waals surface area (Å²) in [5.74, 6) is 0.317. The first-order valence-electron chi connectivity index (χ1n) is 10.1. The fraction of sp³-hybridized carbons (Fsp3) is 0.429. The van der Waals surface area contributed by atoms with Gasteiger partial charge in [0.15, 0.2) is 0 Å². The molecule has 1 aromatic heterocycles. The summed E-state index contributed by atoms with van der Waals surface area (Å²) in [5.41, 5.74) is 1.53. The van der Waals surface area contributed by atoms with Crippen molar-refractivity contribution in [2.24, 2.45) is 5.92 Å². The van der Waals surface area contributed by atoms with Crippen LogP contribution in [0, 0.1) is 16.0 Å². The predicted molar refractivity (Wildman–Crippen MR) is 113 cm³/mol. The smallest absolute Gasteiger partial charge is 0.339 e. The molecule has 0 amide bonds. The van der Waals surface area contributed by atoms with Crippen LogP contribution in [0.3, 0.4) is 0 Å². The summed E-state index contributed by atoms with van der Waals surface area (Å²) in [7, 11) is 1.22. The van der Waals surface area contributed by atoms with E-state index in [1.54, 1.807) is 0 Å². The molecule has 1 aliphatic carbocycles. The number of methoxy groups -OCH3 is 1. The monoisotopic (exact) mass is 411 g/mol. The highest BCUT2D eigenvalue weighted by molar-refractivity contribution is 5.90. The topological polar surface area (TPSA) is 101 Å². The third kappa shape index (κ3) is 4.68. The Morgan fingerprint density at radius 2 is 2.03 bits per heavy atom. The molecule has 2 aliphatic rings. The third-order valence-corrected chi connectivity index (χ3v) is 5.55. The number of carbonyl (C=O) groups excluding carboxylic acids is 1. The van der Waals surface area contributed by atoms with Gasteiger partial charge in [0.2, 0.25) is 5.82 Å². The largest absolute Gasteiger partial charge is 0.465 e. The average molecular weight is 411 g/mol. The SMILES string of the molecule is COC(=O)c1cnc(Nc2cccc(N3CCN(CC4CC4)CC3)c2)c([N+](=O)[O-])c1. The second kappa shape index (κ2) is 8.66. The van der Waals surface area contributed by atoms with Crippen molar-refractivity contribution >= 4 is 28.8 Å². The minimum atomic E-state index is -0.667. The molecular formula is C21H25N5O4. The van der Waals surface area contributed by atoms with E-state index in [0.29, 0.717) is 5.69 Å². The zero-order valence-corrected chi connectivity index (χ0v) is 16.9. The van der Waals surface area contributed by atoms with Crippen LogP contribution in [-0.4, -0.2) is 60.6 Å². The first-order valence-corrected chi connectivity index (χ1v) is 10.1. The molecule has 2 aromatic rings. The average Bonchev–Trinajstić information content (AvgIpc) is 3.58. The highest BCUT2D eigenvalue weighted by Gasteiger charge is 2.26. The number of benzene rings is 1. The van der Waals surface area contributed by atoms with Crippen molar-refractivity contribution in [3.8, 4) is 0 Å². The van der Waals surface area contributed by atoms with Gasteiger partial charge in [-0.2, -0.15) is 0 Å². The van der Waals surface area contributed by atoms with Crippen LogP contribution < -0.4 is 10.2 Å². The molecule has 2 fully saturated rings. The van der Waals surface area contributed by atoms with Gasteiger partial charge in [0.05, 0.1) is 17.6 Å². The maximum atomic E-state index is 11.6. The molecule has 1 saturated heterocycles. The lowest BCUT2D eigenvalue weighted by molar-refractivity contribution is -0.384. The maximum Gasteiger partial charge on any atom is 0.339 e. The Morgan fingerprint density at radius 3 is 2.70 bits per heavy atom. The number of rotatable bonds is 7. The third-order valence-electron chi connectivity index (χ3n) is 5.55. The summed E-state index contributed by atoms with van der Waals surface area (Å²) in [5, 5.41) is 14.5. The molecule has 1 N–H and O–H groups in total. The van der Waals surface area contributed by atoms with E-state index in [1.807, 2.05) is 24.3 Å². The second-order valence-electron chi connectivity index (χ2n) is 7.75. The standard InChI is InChI=1S/C21H25N5O4/c1-30-21(27)16-11-19(26(28)29)20(22-13-16)23-17-3-2-4-18(12-17)25-9-7-24(8-10-25)14-15-5-6-15/h2-4,11-13,15H,5-10,14H2,1H3,(H,22,23). The predicted octanol–water partition coefficient (Wildman–Crippen LogP) is 3.05.